The lowest BCUT2D eigenvalue weighted by Gasteiger charge is -2.30. The van der Waals surface area contributed by atoms with E-state index >= 15 is 0 Å². The number of hydrogen-bond donors (Lipinski definition) is 2. The number of nitrogens with one attached hydrogen (secondary N) is 2. The number of pyridine rings is 1. The molecule has 0 bridgehead atoms. The van der Waals surface area contributed by atoms with E-state index in [-0.39, 0.29) is 5.91 Å². The van der Waals surface area contributed by atoms with Crippen LogP contribution in [0.5, 0.6) is 0 Å². The second kappa shape index (κ2) is 9.85. The van der Waals surface area contributed by atoms with Crippen LogP contribution in [0.25, 0.3) is 10.9 Å². The van der Waals surface area contributed by atoms with Crippen molar-refractivity contribution in [3.8, 4) is 0 Å². The molecular weight excluding hydrogens is 499 g/mol. The lowest BCUT2D eigenvalue weighted by molar-refractivity contribution is 0.0943. The Labute approximate surface area is 197 Å². The summed E-state index contributed by atoms with van der Waals surface area (Å²) in [5, 5.41) is 7.95. The van der Waals surface area contributed by atoms with Crippen LogP contribution < -0.4 is 15.5 Å². The quantitative estimate of drug-likeness (QED) is 0.426. The Morgan fingerprint density at radius 1 is 1.06 bits per heavy atom. The van der Waals surface area contributed by atoms with Crippen molar-refractivity contribution >= 4 is 50.9 Å². The van der Waals surface area contributed by atoms with Crippen molar-refractivity contribution in [3.63, 3.8) is 0 Å². The third kappa shape index (κ3) is 5.47. The molecule has 1 amide bonds. The number of anilines is 2. The summed E-state index contributed by atoms with van der Waals surface area (Å²) in [5.74, 6) is 1.50. The van der Waals surface area contributed by atoms with Gasteiger partial charge in [0.1, 0.15) is 5.82 Å². The van der Waals surface area contributed by atoms with Crippen LogP contribution in [0.4, 0.5) is 11.5 Å². The molecule has 0 radical (unpaired) electrons. The van der Waals surface area contributed by atoms with Gasteiger partial charge in [-0.1, -0.05) is 24.3 Å². The van der Waals surface area contributed by atoms with Crippen molar-refractivity contribution in [2.24, 2.45) is 5.92 Å². The molecule has 0 unspecified atom stereocenters. The van der Waals surface area contributed by atoms with E-state index in [1.165, 1.54) is 11.1 Å². The molecule has 2 N–H and O–H groups in total. The molecule has 4 rings (SSSR count). The first kappa shape index (κ1) is 21.9. The highest BCUT2D eigenvalue weighted by Crippen LogP contribution is 2.30. The van der Waals surface area contributed by atoms with E-state index in [4.69, 9.17) is 4.98 Å². The van der Waals surface area contributed by atoms with Crippen molar-refractivity contribution < 1.29 is 4.79 Å². The summed E-state index contributed by atoms with van der Waals surface area (Å²) < 4.78 is 1.08. The van der Waals surface area contributed by atoms with Gasteiger partial charge in [0.25, 0.3) is 5.91 Å². The molecular formula is C25H29IN4O. The van der Waals surface area contributed by atoms with E-state index in [0.29, 0.717) is 12.0 Å². The molecule has 6 heteroatoms. The van der Waals surface area contributed by atoms with Gasteiger partial charge in [0.15, 0.2) is 0 Å². The SMILES string of the molecule is CN(C)c1cc(NC2CCC(CNC(=O)c3cccc(I)c3)CC2)nc2ccccc12. The van der Waals surface area contributed by atoms with Crippen molar-refractivity contribution in [2.45, 2.75) is 31.7 Å². The van der Waals surface area contributed by atoms with Gasteiger partial charge in [-0.3, -0.25) is 4.79 Å². The highest BCUT2D eigenvalue weighted by atomic mass is 127. The number of halogens is 1. The highest BCUT2D eigenvalue weighted by Gasteiger charge is 2.22. The maximum atomic E-state index is 12.4. The Morgan fingerprint density at radius 2 is 1.84 bits per heavy atom. The van der Waals surface area contributed by atoms with Gasteiger partial charge >= 0.3 is 0 Å². The smallest absolute Gasteiger partial charge is 0.251 e. The van der Waals surface area contributed by atoms with E-state index in [9.17, 15) is 4.79 Å². The van der Waals surface area contributed by atoms with E-state index in [1.54, 1.807) is 0 Å². The summed E-state index contributed by atoms with van der Waals surface area (Å²) >= 11 is 2.24. The molecule has 5 nitrogen and oxygen atoms in total. The second-order valence-electron chi connectivity index (χ2n) is 8.52. The fourth-order valence-corrected chi connectivity index (χ4v) is 4.83. The molecule has 1 heterocycles. The monoisotopic (exact) mass is 528 g/mol. The van der Waals surface area contributed by atoms with Crippen molar-refractivity contribution in [1.29, 1.82) is 0 Å². The average molecular weight is 528 g/mol. The number of para-hydroxylation sites is 1. The van der Waals surface area contributed by atoms with Gasteiger partial charge in [0.05, 0.1) is 5.52 Å². The van der Waals surface area contributed by atoms with Crippen LogP contribution in [0.2, 0.25) is 0 Å². The summed E-state index contributed by atoms with van der Waals surface area (Å²) in [6.45, 7) is 0.746. The molecule has 0 atom stereocenters. The van der Waals surface area contributed by atoms with Crippen molar-refractivity contribution in [1.82, 2.24) is 10.3 Å². The Morgan fingerprint density at radius 3 is 2.58 bits per heavy atom. The van der Waals surface area contributed by atoms with E-state index < -0.39 is 0 Å². The third-order valence-electron chi connectivity index (χ3n) is 6.01. The van der Waals surface area contributed by atoms with Crippen LogP contribution in [-0.2, 0) is 0 Å². The van der Waals surface area contributed by atoms with E-state index in [2.05, 4.69) is 76.5 Å². The summed E-state index contributed by atoms with van der Waals surface area (Å²) in [6.07, 6.45) is 4.40. The summed E-state index contributed by atoms with van der Waals surface area (Å²) in [7, 11) is 4.14. The first-order valence-electron chi connectivity index (χ1n) is 10.9. The molecule has 0 aliphatic heterocycles. The van der Waals surface area contributed by atoms with Crippen LogP contribution >= 0.6 is 22.6 Å². The number of nitrogens with zero attached hydrogens (tertiary/aromatic N) is 2. The predicted octanol–water partition coefficient (Wildman–Crippen LogP) is 5.31. The molecule has 0 spiro atoms. The molecule has 2 aromatic carbocycles. The molecule has 1 fully saturated rings. The number of hydrogen-bond acceptors (Lipinski definition) is 4. The normalized spacial score (nSPS) is 18.5. The van der Waals surface area contributed by atoms with Crippen LogP contribution in [0.15, 0.2) is 54.6 Å². The zero-order valence-corrected chi connectivity index (χ0v) is 20.2. The minimum absolute atomic E-state index is 0.0235. The molecule has 0 saturated heterocycles. The zero-order valence-electron chi connectivity index (χ0n) is 18.1. The van der Waals surface area contributed by atoms with Gasteiger partial charge < -0.3 is 15.5 Å². The Bertz CT molecular complexity index is 1060. The number of fused-ring (bicyclic) bond motifs is 1. The molecule has 1 aliphatic carbocycles. The molecule has 162 valence electrons. The number of carbonyl (C=O) groups excluding carboxylic acids is 1. The minimum atomic E-state index is 0.0235. The first-order chi connectivity index (χ1) is 15.0. The minimum Gasteiger partial charge on any atom is -0.377 e. The molecule has 1 saturated carbocycles. The summed E-state index contributed by atoms with van der Waals surface area (Å²) in [4.78, 5) is 19.4. The van der Waals surface area contributed by atoms with Gasteiger partial charge in [-0.05, 0) is 78.5 Å². The maximum absolute atomic E-state index is 12.4. The first-order valence-corrected chi connectivity index (χ1v) is 11.9. The molecule has 1 aliphatic rings. The van der Waals surface area contributed by atoms with Gasteiger partial charge in [0, 0.05) is 53.0 Å². The Kier molecular flexibility index (Phi) is 6.95. The lowest BCUT2D eigenvalue weighted by atomic mass is 9.86. The lowest BCUT2D eigenvalue weighted by Crippen LogP contribution is -2.34. The fourth-order valence-electron chi connectivity index (χ4n) is 4.29. The number of aromatic nitrogens is 1. The van der Waals surface area contributed by atoms with Crippen LogP contribution in [0.1, 0.15) is 36.0 Å². The predicted molar refractivity (Wildman–Crippen MR) is 137 cm³/mol. The van der Waals surface area contributed by atoms with Crippen LogP contribution in [-0.4, -0.2) is 37.6 Å². The van der Waals surface area contributed by atoms with Crippen molar-refractivity contribution in [2.75, 3.05) is 30.9 Å². The summed E-state index contributed by atoms with van der Waals surface area (Å²) in [5.41, 5.74) is 2.93. The van der Waals surface area contributed by atoms with Gasteiger partial charge in [-0.15, -0.1) is 0 Å². The average Bonchev–Trinajstić information content (AvgIpc) is 2.77. The zero-order chi connectivity index (χ0) is 21.8. The topological polar surface area (TPSA) is 57.3 Å². The van der Waals surface area contributed by atoms with Crippen LogP contribution in [0.3, 0.4) is 0 Å². The Balaban J connectivity index is 1.32. The number of amides is 1. The van der Waals surface area contributed by atoms with Crippen LogP contribution in [0, 0.1) is 9.49 Å². The third-order valence-corrected chi connectivity index (χ3v) is 6.68. The van der Waals surface area contributed by atoms with Gasteiger partial charge in [-0.25, -0.2) is 4.98 Å². The standard InChI is InChI=1S/C25H29IN4O/c1-30(2)23-15-24(29-22-9-4-3-8-21(22)23)28-20-12-10-17(11-13-20)16-27-25(31)18-6-5-7-19(26)14-18/h3-9,14-15,17,20H,10-13,16H2,1-2H3,(H,27,31)(H,28,29). The highest BCUT2D eigenvalue weighted by molar-refractivity contribution is 14.1. The largest absolute Gasteiger partial charge is 0.377 e. The van der Waals surface area contributed by atoms with E-state index in [0.717, 1.165) is 52.7 Å². The molecule has 3 aromatic rings. The number of carbonyl (C=O) groups is 1. The van der Waals surface area contributed by atoms with E-state index in [1.807, 2.05) is 30.3 Å². The fraction of sp³-hybridized carbons (Fsp3) is 0.360. The molecule has 1 aromatic heterocycles. The maximum Gasteiger partial charge on any atom is 0.251 e. The second-order valence-corrected chi connectivity index (χ2v) is 9.77. The summed E-state index contributed by atoms with van der Waals surface area (Å²) in [6, 6.07) is 18.6. The van der Waals surface area contributed by atoms with Gasteiger partial charge in [-0.2, -0.15) is 0 Å². The number of rotatable bonds is 6. The molecule has 31 heavy (non-hydrogen) atoms. The number of benzene rings is 2. The Hall–Kier alpha value is -2.35. The van der Waals surface area contributed by atoms with Gasteiger partial charge in [0.2, 0.25) is 0 Å². The van der Waals surface area contributed by atoms with Crippen molar-refractivity contribution in [3.05, 3.63) is 63.7 Å².